The standard InChI is InChI=1S/4C8H10O.Zr/c4*1-6-4-3-5-8(9)7(6)2;/h4*3-5,9H,1-2H3;/q;;;;+4/p-4. The Morgan fingerprint density at radius 3 is 0.595 bits per heavy atom. The first-order valence-corrected chi connectivity index (χ1v) is 11.8. The third-order valence-corrected chi connectivity index (χ3v) is 6.22. The molecule has 0 unspecified atom stereocenters. The van der Waals surface area contributed by atoms with E-state index in [2.05, 4.69) is 0 Å². The molecule has 0 saturated heterocycles. The normalized spacial score (nSPS) is 9.30. The minimum absolute atomic E-state index is 0. The van der Waals surface area contributed by atoms with Gasteiger partial charge in [0.05, 0.1) is 0 Å². The molecule has 0 amide bonds. The van der Waals surface area contributed by atoms with Crippen LogP contribution in [0.3, 0.4) is 0 Å². The molecule has 0 saturated carbocycles. The van der Waals surface area contributed by atoms with Crippen LogP contribution in [0.25, 0.3) is 0 Å². The summed E-state index contributed by atoms with van der Waals surface area (Å²) in [7, 11) is 0. The van der Waals surface area contributed by atoms with Crippen molar-refractivity contribution in [3.8, 4) is 23.0 Å². The largest absolute Gasteiger partial charge is 4.00 e. The summed E-state index contributed by atoms with van der Waals surface area (Å²) in [5.74, 6) is 0.537. The van der Waals surface area contributed by atoms with Gasteiger partial charge in [0.2, 0.25) is 0 Å². The van der Waals surface area contributed by atoms with Gasteiger partial charge in [0.15, 0.2) is 0 Å². The molecule has 0 atom stereocenters. The minimum Gasteiger partial charge on any atom is -0.872 e. The molecule has 0 radical (unpaired) electrons. The Morgan fingerprint density at radius 1 is 0.324 bits per heavy atom. The van der Waals surface area contributed by atoms with Crippen molar-refractivity contribution < 1.29 is 46.6 Å². The molecular weight excluding hydrogens is 540 g/mol. The van der Waals surface area contributed by atoms with Crippen molar-refractivity contribution in [3.05, 3.63) is 117 Å². The average Bonchev–Trinajstić information content (AvgIpc) is 2.84. The molecule has 0 aromatic heterocycles. The molecule has 0 bridgehead atoms. The number of hydrogen-bond acceptors (Lipinski definition) is 4. The van der Waals surface area contributed by atoms with E-state index in [1.165, 1.54) is 0 Å². The number of hydrogen-bond donors (Lipinski definition) is 0. The van der Waals surface area contributed by atoms with E-state index in [1.807, 2.05) is 79.7 Å². The van der Waals surface area contributed by atoms with Gasteiger partial charge in [0.25, 0.3) is 0 Å². The molecule has 4 aromatic rings. The first-order valence-electron chi connectivity index (χ1n) is 11.8. The molecule has 0 N–H and O–H groups in total. The van der Waals surface area contributed by atoms with E-state index in [1.54, 1.807) is 48.5 Å². The van der Waals surface area contributed by atoms with Gasteiger partial charge in [-0.15, -0.1) is 23.0 Å². The molecule has 37 heavy (non-hydrogen) atoms. The van der Waals surface area contributed by atoms with Gasteiger partial charge in [-0.2, -0.15) is 0 Å². The van der Waals surface area contributed by atoms with E-state index in [9.17, 15) is 20.4 Å². The average molecular weight is 576 g/mol. The van der Waals surface area contributed by atoms with Gasteiger partial charge < -0.3 is 20.4 Å². The van der Waals surface area contributed by atoms with E-state index in [-0.39, 0.29) is 49.2 Å². The second kappa shape index (κ2) is 16.7. The van der Waals surface area contributed by atoms with Crippen LogP contribution in [0.5, 0.6) is 23.0 Å². The molecule has 0 aliphatic carbocycles. The van der Waals surface area contributed by atoms with Gasteiger partial charge in [0.1, 0.15) is 0 Å². The summed E-state index contributed by atoms with van der Waals surface area (Å²) in [6.07, 6.45) is 0. The maximum atomic E-state index is 10.8. The zero-order chi connectivity index (χ0) is 27.4. The molecule has 5 heteroatoms. The molecule has 0 aliphatic rings. The fraction of sp³-hybridized carbons (Fsp3) is 0.250. The summed E-state index contributed by atoms with van der Waals surface area (Å²) in [6.45, 7) is 15.1. The van der Waals surface area contributed by atoms with Crippen LogP contribution in [0.1, 0.15) is 44.5 Å². The second-order valence-electron chi connectivity index (χ2n) is 8.79. The smallest absolute Gasteiger partial charge is 0.872 e. The van der Waals surface area contributed by atoms with E-state index < -0.39 is 0 Å². The number of benzene rings is 4. The van der Waals surface area contributed by atoms with Crippen molar-refractivity contribution >= 4 is 0 Å². The predicted molar refractivity (Wildman–Crippen MR) is 141 cm³/mol. The molecule has 4 rings (SSSR count). The van der Waals surface area contributed by atoms with Gasteiger partial charge in [-0.25, -0.2) is 0 Å². The van der Waals surface area contributed by atoms with Crippen molar-refractivity contribution in [2.45, 2.75) is 55.4 Å². The summed E-state index contributed by atoms with van der Waals surface area (Å²) >= 11 is 0. The Labute approximate surface area is 241 Å². The molecular formula is C32H36O4Zr. The molecule has 192 valence electrons. The van der Waals surface area contributed by atoms with Crippen molar-refractivity contribution in [1.82, 2.24) is 0 Å². The van der Waals surface area contributed by atoms with Crippen LogP contribution >= 0.6 is 0 Å². The van der Waals surface area contributed by atoms with Gasteiger partial charge in [-0.05, 0) is 77.6 Å². The molecule has 0 aliphatic heterocycles. The van der Waals surface area contributed by atoms with Gasteiger partial charge in [-0.1, -0.05) is 95.1 Å². The van der Waals surface area contributed by atoms with E-state index in [4.69, 9.17) is 0 Å². The quantitative estimate of drug-likeness (QED) is 0.277. The topological polar surface area (TPSA) is 92.2 Å². The monoisotopic (exact) mass is 574 g/mol. The van der Waals surface area contributed by atoms with E-state index >= 15 is 0 Å². The van der Waals surface area contributed by atoms with Crippen molar-refractivity contribution in [1.29, 1.82) is 0 Å². The molecule has 0 heterocycles. The van der Waals surface area contributed by atoms with Crippen molar-refractivity contribution in [2.75, 3.05) is 0 Å². The minimum atomic E-state index is 0. The summed E-state index contributed by atoms with van der Waals surface area (Å²) in [6, 6.07) is 21.2. The van der Waals surface area contributed by atoms with E-state index in [0.29, 0.717) is 0 Å². The predicted octanol–water partition coefficient (Wildman–Crippen LogP) is 5.51. The maximum absolute atomic E-state index is 10.8. The zero-order valence-electron chi connectivity index (χ0n) is 23.1. The van der Waals surface area contributed by atoms with Crippen LogP contribution in [0.2, 0.25) is 0 Å². The summed E-state index contributed by atoms with van der Waals surface area (Å²) in [5, 5.41) is 43.4. The Bertz CT molecular complexity index is 987. The number of aryl methyl sites for hydroxylation is 4. The Kier molecular flexibility index (Phi) is 15.3. The Morgan fingerprint density at radius 2 is 0.486 bits per heavy atom. The Hall–Kier alpha value is -3.04. The Balaban J connectivity index is 0.000000463. The SMILES string of the molecule is Cc1cccc([O-])c1C.Cc1cccc([O-])c1C.Cc1cccc([O-])c1C.Cc1cccc([O-])c1C.[Zr+4]. The van der Waals surface area contributed by atoms with E-state index in [0.717, 1.165) is 44.5 Å². The van der Waals surface area contributed by atoms with Crippen LogP contribution in [0, 0.1) is 55.4 Å². The first kappa shape index (κ1) is 34.0. The van der Waals surface area contributed by atoms with Gasteiger partial charge in [0, 0.05) is 0 Å². The van der Waals surface area contributed by atoms with Gasteiger partial charge >= 0.3 is 26.2 Å². The third kappa shape index (κ3) is 11.3. The van der Waals surface area contributed by atoms with Crippen LogP contribution in [-0.4, -0.2) is 0 Å². The third-order valence-electron chi connectivity index (χ3n) is 6.22. The van der Waals surface area contributed by atoms with Crippen LogP contribution in [-0.2, 0) is 26.2 Å². The van der Waals surface area contributed by atoms with Crippen LogP contribution in [0.4, 0.5) is 0 Å². The zero-order valence-corrected chi connectivity index (χ0v) is 25.5. The first-order chi connectivity index (χ1) is 16.9. The summed E-state index contributed by atoms with van der Waals surface area (Å²) in [4.78, 5) is 0. The fourth-order valence-electron chi connectivity index (χ4n) is 2.90. The maximum Gasteiger partial charge on any atom is 4.00 e. The summed E-state index contributed by atoms with van der Waals surface area (Å²) in [5.41, 5.74) is 7.72. The van der Waals surface area contributed by atoms with Crippen molar-refractivity contribution in [2.24, 2.45) is 0 Å². The molecule has 4 aromatic carbocycles. The summed E-state index contributed by atoms with van der Waals surface area (Å²) < 4.78 is 0. The molecule has 0 fully saturated rings. The van der Waals surface area contributed by atoms with Crippen LogP contribution < -0.4 is 20.4 Å². The van der Waals surface area contributed by atoms with Gasteiger partial charge in [-0.3, -0.25) is 0 Å². The molecule has 0 spiro atoms. The second-order valence-corrected chi connectivity index (χ2v) is 8.79. The van der Waals surface area contributed by atoms with Crippen LogP contribution in [0.15, 0.2) is 72.8 Å². The van der Waals surface area contributed by atoms with Crippen molar-refractivity contribution in [3.63, 3.8) is 0 Å². The fourth-order valence-corrected chi connectivity index (χ4v) is 2.90. The molecule has 4 nitrogen and oxygen atoms in total. The number of rotatable bonds is 0.